The molecule has 0 spiro atoms. The van der Waals surface area contributed by atoms with Gasteiger partial charge in [0.1, 0.15) is 11.6 Å². The van der Waals surface area contributed by atoms with Gasteiger partial charge in [0.2, 0.25) is 0 Å². The lowest BCUT2D eigenvalue weighted by Crippen LogP contribution is -2.21. The minimum atomic E-state index is -0.459. The van der Waals surface area contributed by atoms with E-state index in [-0.39, 0.29) is 10.9 Å². The van der Waals surface area contributed by atoms with Crippen LogP contribution in [0.5, 0.6) is 0 Å². The van der Waals surface area contributed by atoms with Crippen LogP contribution in [0.15, 0.2) is 46.2 Å². The maximum absolute atomic E-state index is 13.8. The summed E-state index contributed by atoms with van der Waals surface area (Å²) < 4.78 is 27.0. The molecule has 0 aliphatic rings. The van der Waals surface area contributed by atoms with Crippen molar-refractivity contribution in [2.75, 3.05) is 0 Å². The van der Waals surface area contributed by atoms with Gasteiger partial charge in [-0.05, 0) is 54.8 Å². The number of rotatable bonds is 5. The fourth-order valence-corrected chi connectivity index (χ4v) is 3.09. The maximum Gasteiger partial charge on any atom is 0.137 e. The van der Waals surface area contributed by atoms with Crippen molar-refractivity contribution in [3.05, 3.63) is 58.6 Å². The van der Waals surface area contributed by atoms with E-state index in [0.717, 1.165) is 29.0 Å². The normalized spacial score (nSPS) is 12.4. The summed E-state index contributed by atoms with van der Waals surface area (Å²) >= 11 is 7.21. The molecule has 0 heterocycles. The molecule has 5 heteroatoms. The average molecular weight is 328 g/mol. The fourth-order valence-electron chi connectivity index (χ4n) is 1.91. The molecular weight excluding hydrogens is 312 g/mol. The van der Waals surface area contributed by atoms with Crippen molar-refractivity contribution in [1.29, 1.82) is 0 Å². The lowest BCUT2D eigenvalue weighted by Gasteiger charge is -2.14. The first kappa shape index (κ1) is 16.3. The van der Waals surface area contributed by atoms with Gasteiger partial charge < -0.3 is 5.73 Å². The minimum Gasteiger partial charge on any atom is -0.327 e. The molecule has 2 N–H and O–H groups in total. The monoisotopic (exact) mass is 327 g/mol. The van der Waals surface area contributed by atoms with E-state index in [2.05, 4.69) is 0 Å². The molecule has 0 aliphatic carbocycles. The third-order valence-corrected chi connectivity index (χ3v) is 4.53. The summed E-state index contributed by atoms with van der Waals surface area (Å²) in [6, 6.07) is 8.83. The summed E-state index contributed by atoms with van der Waals surface area (Å²) in [5.41, 5.74) is 6.93. The molecule has 0 aliphatic heterocycles. The van der Waals surface area contributed by atoms with Crippen molar-refractivity contribution in [3.63, 3.8) is 0 Å². The van der Waals surface area contributed by atoms with E-state index in [9.17, 15) is 8.78 Å². The molecule has 21 heavy (non-hydrogen) atoms. The van der Waals surface area contributed by atoms with Crippen LogP contribution >= 0.6 is 23.4 Å². The molecule has 2 rings (SSSR count). The molecule has 0 saturated heterocycles. The Morgan fingerprint density at radius 2 is 1.90 bits per heavy atom. The highest BCUT2D eigenvalue weighted by Gasteiger charge is 2.12. The van der Waals surface area contributed by atoms with Crippen molar-refractivity contribution >= 4 is 23.4 Å². The number of halogens is 3. The first-order chi connectivity index (χ1) is 9.99. The quantitative estimate of drug-likeness (QED) is 0.831. The lowest BCUT2D eigenvalue weighted by atomic mass is 10.0. The predicted molar refractivity (Wildman–Crippen MR) is 83.9 cm³/mol. The van der Waals surface area contributed by atoms with Crippen molar-refractivity contribution < 1.29 is 8.78 Å². The zero-order chi connectivity index (χ0) is 15.4. The molecule has 0 bridgehead atoms. The Balaban J connectivity index is 2.32. The fraction of sp³-hybridized carbons (Fsp3) is 0.250. The van der Waals surface area contributed by atoms with Crippen LogP contribution in [0.2, 0.25) is 5.02 Å². The van der Waals surface area contributed by atoms with Crippen molar-refractivity contribution in [1.82, 2.24) is 0 Å². The summed E-state index contributed by atoms with van der Waals surface area (Å²) in [4.78, 5) is 1.09. The van der Waals surface area contributed by atoms with Gasteiger partial charge in [-0.15, -0.1) is 0 Å². The van der Waals surface area contributed by atoms with Crippen molar-refractivity contribution in [3.8, 4) is 0 Å². The summed E-state index contributed by atoms with van der Waals surface area (Å²) in [5.74, 6) is -0.901. The van der Waals surface area contributed by atoms with Gasteiger partial charge in [-0.3, -0.25) is 0 Å². The third-order valence-electron chi connectivity index (χ3n) is 3.14. The van der Waals surface area contributed by atoms with Gasteiger partial charge in [-0.2, -0.15) is 0 Å². The molecular formula is C16H16ClF2NS. The molecule has 0 radical (unpaired) electrons. The first-order valence-electron chi connectivity index (χ1n) is 6.66. The Morgan fingerprint density at radius 3 is 2.62 bits per heavy atom. The van der Waals surface area contributed by atoms with E-state index < -0.39 is 11.6 Å². The van der Waals surface area contributed by atoms with Crippen LogP contribution in [0.1, 0.15) is 18.9 Å². The van der Waals surface area contributed by atoms with E-state index in [0.29, 0.717) is 11.4 Å². The summed E-state index contributed by atoms with van der Waals surface area (Å²) in [6.45, 7) is 2.01. The van der Waals surface area contributed by atoms with Crippen LogP contribution in [-0.4, -0.2) is 6.04 Å². The van der Waals surface area contributed by atoms with E-state index >= 15 is 0 Å². The third kappa shape index (κ3) is 4.43. The van der Waals surface area contributed by atoms with Gasteiger partial charge in [0, 0.05) is 16.0 Å². The highest BCUT2D eigenvalue weighted by atomic mass is 35.5. The molecule has 0 amide bonds. The summed E-state index contributed by atoms with van der Waals surface area (Å²) in [6.07, 6.45) is 1.49. The molecule has 0 fully saturated rings. The highest BCUT2D eigenvalue weighted by molar-refractivity contribution is 7.99. The van der Waals surface area contributed by atoms with E-state index in [1.54, 1.807) is 6.07 Å². The Labute approximate surface area is 132 Å². The standard InChI is InChI=1S/C16H16ClF2NS/c1-2-13(20)8-10-7-11(17)3-6-15(10)21-16-9-12(18)4-5-14(16)19/h3-7,9,13H,2,8,20H2,1H3. The highest BCUT2D eigenvalue weighted by Crippen LogP contribution is 2.34. The molecule has 112 valence electrons. The second-order valence-electron chi connectivity index (χ2n) is 4.80. The van der Waals surface area contributed by atoms with E-state index in [1.807, 2.05) is 19.1 Å². The number of nitrogens with two attached hydrogens (primary N) is 1. The second-order valence-corrected chi connectivity index (χ2v) is 6.32. The molecule has 2 aromatic rings. The molecule has 0 saturated carbocycles. The van der Waals surface area contributed by atoms with Crippen LogP contribution in [-0.2, 0) is 6.42 Å². The SMILES string of the molecule is CCC(N)Cc1cc(Cl)ccc1Sc1cc(F)ccc1F. The summed E-state index contributed by atoms with van der Waals surface area (Å²) in [7, 11) is 0. The largest absolute Gasteiger partial charge is 0.327 e. The Morgan fingerprint density at radius 1 is 1.14 bits per heavy atom. The Kier molecular flexibility index (Phi) is 5.62. The lowest BCUT2D eigenvalue weighted by molar-refractivity contribution is 0.577. The number of benzene rings is 2. The second kappa shape index (κ2) is 7.25. The van der Waals surface area contributed by atoms with Crippen molar-refractivity contribution in [2.45, 2.75) is 35.6 Å². The van der Waals surface area contributed by atoms with Gasteiger partial charge in [0.05, 0.1) is 4.90 Å². The zero-order valence-corrected chi connectivity index (χ0v) is 13.1. The Bertz CT molecular complexity index is 634. The van der Waals surface area contributed by atoms with E-state index in [4.69, 9.17) is 17.3 Å². The summed E-state index contributed by atoms with van der Waals surface area (Å²) in [5, 5.41) is 0.609. The molecule has 1 nitrogen and oxygen atoms in total. The van der Waals surface area contributed by atoms with Gasteiger partial charge in [0.25, 0.3) is 0 Å². The maximum atomic E-state index is 13.8. The Hall–Kier alpha value is -1.10. The van der Waals surface area contributed by atoms with Crippen LogP contribution in [0, 0.1) is 11.6 Å². The molecule has 2 aromatic carbocycles. The smallest absolute Gasteiger partial charge is 0.137 e. The predicted octanol–water partition coefficient (Wildman–Crippen LogP) is 5.05. The average Bonchev–Trinajstić information content (AvgIpc) is 2.45. The van der Waals surface area contributed by atoms with Gasteiger partial charge >= 0.3 is 0 Å². The van der Waals surface area contributed by atoms with Gasteiger partial charge in [0.15, 0.2) is 0 Å². The molecule has 1 unspecified atom stereocenters. The number of hydrogen-bond donors (Lipinski definition) is 1. The van der Waals surface area contributed by atoms with Gasteiger partial charge in [-0.1, -0.05) is 30.3 Å². The topological polar surface area (TPSA) is 26.0 Å². The van der Waals surface area contributed by atoms with Crippen LogP contribution in [0.3, 0.4) is 0 Å². The van der Waals surface area contributed by atoms with Crippen LogP contribution in [0.4, 0.5) is 8.78 Å². The minimum absolute atomic E-state index is 0.0140. The first-order valence-corrected chi connectivity index (χ1v) is 7.86. The van der Waals surface area contributed by atoms with E-state index in [1.165, 1.54) is 17.8 Å². The zero-order valence-electron chi connectivity index (χ0n) is 11.6. The number of hydrogen-bond acceptors (Lipinski definition) is 2. The van der Waals surface area contributed by atoms with Gasteiger partial charge in [-0.25, -0.2) is 8.78 Å². The van der Waals surface area contributed by atoms with Crippen LogP contribution in [0.25, 0.3) is 0 Å². The van der Waals surface area contributed by atoms with Crippen LogP contribution < -0.4 is 5.73 Å². The molecule has 1 atom stereocenters. The van der Waals surface area contributed by atoms with Crippen molar-refractivity contribution in [2.24, 2.45) is 5.73 Å². The molecule has 0 aromatic heterocycles.